The first-order valence-electron chi connectivity index (χ1n) is 12.3. The van der Waals surface area contributed by atoms with E-state index in [2.05, 4.69) is 13.5 Å². The van der Waals surface area contributed by atoms with Crippen LogP contribution in [0.5, 0.6) is 0 Å². The van der Waals surface area contributed by atoms with E-state index < -0.39 is 29.1 Å². The fourth-order valence-corrected chi connectivity index (χ4v) is 4.85. The molecule has 0 spiro atoms. The van der Waals surface area contributed by atoms with Crippen LogP contribution in [0.3, 0.4) is 0 Å². The average molecular weight is 501 g/mol. The Bertz CT molecular complexity index is 1240. The molecule has 0 saturated carbocycles. The molecule has 0 radical (unpaired) electrons. The topological polar surface area (TPSA) is 9.23 Å². The van der Waals surface area contributed by atoms with E-state index in [0.29, 0.717) is 24.2 Å². The zero-order valence-electron chi connectivity index (χ0n) is 20.2. The van der Waals surface area contributed by atoms with Gasteiger partial charge in [0.05, 0.1) is 12.7 Å². The van der Waals surface area contributed by atoms with E-state index in [1.165, 1.54) is 36.4 Å². The molecule has 0 bridgehead atoms. The Balaban J connectivity index is 1.52. The van der Waals surface area contributed by atoms with Gasteiger partial charge in [0.15, 0.2) is 23.3 Å². The smallest absolute Gasteiger partial charge is 0.167 e. The van der Waals surface area contributed by atoms with E-state index in [0.717, 1.165) is 19.3 Å². The van der Waals surface area contributed by atoms with Gasteiger partial charge < -0.3 is 4.74 Å². The van der Waals surface area contributed by atoms with Crippen molar-refractivity contribution in [2.75, 3.05) is 6.61 Å². The maximum absolute atomic E-state index is 15.0. The van der Waals surface area contributed by atoms with Gasteiger partial charge in [0.1, 0.15) is 5.82 Å². The molecule has 0 aliphatic carbocycles. The van der Waals surface area contributed by atoms with E-state index in [9.17, 15) is 13.2 Å². The van der Waals surface area contributed by atoms with Crippen molar-refractivity contribution in [3.63, 3.8) is 0 Å². The highest BCUT2D eigenvalue weighted by Gasteiger charge is 2.27. The van der Waals surface area contributed by atoms with Gasteiger partial charge in [-0.15, -0.1) is 0 Å². The summed E-state index contributed by atoms with van der Waals surface area (Å²) in [5.41, 5.74) is 0.572. The van der Waals surface area contributed by atoms with Crippen molar-refractivity contribution < 1.29 is 26.7 Å². The summed E-state index contributed by atoms with van der Waals surface area (Å²) in [4.78, 5) is 0. The maximum Gasteiger partial charge on any atom is 0.167 e. The molecule has 1 fully saturated rings. The van der Waals surface area contributed by atoms with Crippen LogP contribution in [-0.4, -0.2) is 12.7 Å². The van der Waals surface area contributed by atoms with Gasteiger partial charge in [0, 0.05) is 22.6 Å². The van der Waals surface area contributed by atoms with E-state index in [1.807, 2.05) is 0 Å². The van der Waals surface area contributed by atoms with Crippen LogP contribution in [0.2, 0.25) is 0 Å². The molecule has 3 aromatic carbocycles. The van der Waals surface area contributed by atoms with Crippen molar-refractivity contribution in [3.8, 4) is 11.1 Å². The summed E-state index contributed by atoms with van der Waals surface area (Å²) in [6.45, 7) is 5.91. The Hall–Kier alpha value is -2.99. The third-order valence-electron chi connectivity index (χ3n) is 6.95. The minimum Gasteiger partial charge on any atom is -0.378 e. The third-order valence-corrected chi connectivity index (χ3v) is 6.95. The lowest BCUT2D eigenvalue weighted by atomic mass is 9.88. The highest BCUT2D eigenvalue weighted by atomic mass is 19.2. The zero-order valence-corrected chi connectivity index (χ0v) is 20.2. The first kappa shape index (κ1) is 26.1. The molecule has 0 aromatic heterocycles. The van der Waals surface area contributed by atoms with Crippen molar-refractivity contribution in [1.29, 1.82) is 0 Å². The van der Waals surface area contributed by atoms with Crippen molar-refractivity contribution in [2.45, 2.75) is 57.5 Å². The monoisotopic (exact) mass is 500 g/mol. The molecule has 1 aliphatic heterocycles. The fraction of sp³-hybridized carbons (Fsp3) is 0.333. The van der Waals surface area contributed by atoms with Crippen molar-refractivity contribution in [2.24, 2.45) is 0 Å². The second-order valence-electron chi connectivity index (χ2n) is 9.31. The summed E-state index contributed by atoms with van der Waals surface area (Å²) >= 11 is 0. The second kappa shape index (κ2) is 11.4. The molecule has 3 aromatic rings. The van der Waals surface area contributed by atoms with Gasteiger partial charge in [-0.1, -0.05) is 62.4 Å². The largest absolute Gasteiger partial charge is 0.378 e. The van der Waals surface area contributed by atoms with E-state index in [1.54, 1.807) is 12.1 Å². The summed E-state index contributed by atoms with van der Waals surface area (Å²) in [7, 11) is 0. The Morgan fingerprint density at radius 1 is 0.861 bits per heavy atom. The van der Waals surface area contributed by atoms with Crippen LogP contribution in [0.4, 0.5) is 22.0 Å². The molecular weight excluding hydrogens is 471 g/mol. The SMILES string of the molecule is C=Cc1ccc(CCc2ccc(-c3ccc(C4CCC(CCC)OC4)c(F)c3F)c(F)c2F)cc1F. The number of ether oxygens (including phenoxy) is 1. The molecule has 2 atom stereocenters. The Kier molecular flexibility index (Phi) is 8.24. The van der Waals surface area contributed by atoms with Crippen LogP contribution in [0.25, 0.3) is 17.2 Å². The van der Waals surface area contributed by atoms with Crippen molar-refractivity contribution in [1.82, 2.24) is 0 Å². The highest BCUT2D eigenvalue weighted by molar-refractivity contribution is 5.66. The zero-order chi connectivity index (χ0) is 25.8. The lowest BCUT2D eigenvalue weighted by Gasteiger charge is -2.29. The van der Waals surface area contributed by atoms with Gasteiger partial charge in [-0.05, 0) is 54.9 Å². The van der Waals surface area contributed by atoms with Crippen LogP contribution in [0.1, 0.15) is 60.8 Å². The highest BCUT2D eigenvalue weighted by Crippen LogP contribution is 2.36. The van der Waals surface area contributed by atoms with Crippen molar-refractivity contribution in [3.05, 3.63) is 100 Å². The number of hydrogen-bond acceptors (Lipinski definition) is 1. The minimum absolute atomic E-state index is 0.0722. The summed E-state index contributed by atoms with van der Waals surface area (Å²) in [5, 5.41) is 0. The van der Waals surface area contributed by atoms with Gasteiger partial charge in [-0.2, -0.15) is 0 Å². The standard InChI is InChI=1S/C30H29F5O/c1-3-5-22-12-10-21(17-36-22)23-14-15-25(30(35)28(23)33)24-13-11-20(27(32)29(24)34)9-7-18-6-8-19(4-2)26(31)16-18/h4,6,8,11,13-16,21-22H,2-3,5,7,9-10,12,17H2,1H3. The van der Waals surface area contributed by atoms with E-state index >= 15 is 8.78 Å². The summed E-state index contributed by atoms with van der Waals surface area (Å²) in [6, 6.07) is 9.95. The Labute approximate surface area is 208 Å². The summed E-state index contributed by atoms with van der Waals surface area (Å²) in [6.07, 6.45) is 5.31. The number of hydrogen-bond donors (Lipinski definition) is 0. The predicted molar refractivity (Wildman–Crippen MR) is 132 cm³/mol. The van der Waals surface area contributed by atoms with Gasteiger partial charge in [-0.3, -0.25) is 0 Å². The molecule has 190 valence electrons. The minimum atomic E-state index is -1.24. The Morgan fingerprint density at radius 3 is 2.22 bits per heavy atom. The first-order chi connectivity index (χ1) is 17.3. The molecule has 4 rings (SSSR count). The predicted octanol–water partition coefficient (Wildman–Crippen LogP) is 8.54. The number of benzene rings is 3. The number of halogens is 5. The number of aryl methyl sites for hydroxylation is 2. The molecule has 6 heteroatoms. The van der Waals surface area contributed by atoms with Crippen LogP contribution in [0.15, 0.2) is 49.0 Å². The van der Waals surface area contributed by atoms with Crippen LogP contribution in [0, 0.1) is 29.1 Å². The summed E-state index contributed by atoms with van der Waals surface area (Å²) < 4.78 is 79.6. The first-order valence-corrected chi connectivity index (χ1v) is 12.3. The Morgan fingerprint density at radius 2 is 1.58 bits per heavy atom. The van der Waals surface area contributed by atoms with Crippen LogP contribution >= 0.6 is 0 Å². The third kappa shape index (κ3) is 5.39. The molecule has 1 aliphatic rings. The van der Waals surface area contributed by atoms with Gasteiger partial charge >= 0.3 is 0 Å². The van der Waals surface area contributed by atoms with Gasteiger partial charge in [-0.25, -0.2) is 22.0 Å². The molecule has 2 unspecified atom stereocenters. The van der Waals surface area contributed by atoms with Gasteiger partial charge in [0.25, 0.3) is 0 Å². The van der Waals surface area contributed by atoms with E-state index in [-0.39, 0.29) is 47.1 Å². The quantitative estimate of drug-likeness (QED) is 0.282. The summed E-state index contributed by atoms with van der Waals surface area (Å²) in [5.74, 6) is -5.34. The lowest BCUT2D eigenvalue weighted by Crippen LogP contribution is -2.25. The fourth-order valence-electron chi connectivity index (χ4n) is 4.85. The normalized spacial score (nSPS) is 17.8. The molecule has 0 N–H and O–H groups in total. The molecule has 0 amide bonds. The van der Waals surface area contributed by atoms with Gasteiger partial charge in [0.2, 0.25) is 0 Å². The van der Waals surface area contributed by atoms with E-state index in [4.69, 9.17) is 4.74 Å². The maximum atomic E-state index is 15.0. The van der Waals surface area contributed by atoms with Crippen molar-refractivity contribution >= 4 is 6.08 Å². The lowest BCUT2D eigenvalue weighted by molar-refractivity contribution is -0.00181. The molecular formula is C30H29F5O. The molecule has 1 saturated heterocycles. The van der Waals surface area contributed by atoms with Crippen LogP contribution in [-0.2, 0) is 17.6 Å². The molecule has 1 nitrogen and oxygen atoms in total. The van der Waals surface area contributed by atoms with Crippen LogP contribution < -0.4 is 0 Å². The second-order valence-corrected chi connectivity index (χ2v) is 9.31. The average Bonchev–Trinajstić information content (AvgIpc) is 2.88. The molecule has 1 heterocycles. The molecule has 36 heavy (non-hydrogen) atoms. The number of rotatable bonds is 8.